The molecule has 1 nitrogen and oxygen atoms in total. The smallest absolute Gasteiger partial charge is 0.142 e. The van der Waals surface area contributed by atoms with Gasteiger partial charge in [-0.15, -0.1) is 0 Å². The standard InChI is InChI=1S/C9H6Cl2O/c10-8-5-1-3-7(9(8)11)4-2-6-12/h1-6H/b4-2-. The predicted molar refractivity (Wildman–Crippen MR) is 51.6 cm³/mol. The molecule has 0 spiro atoms. The molecule has 0 heterocycles. The molecule has 1 aromatic rings. The zero-order chi connectivity index (χ0) is 8.97. The zero-order valence-corrected chi connectivity index (χ0v) is 7.64. The largest absolute Gasteiger partial charge is 0.299 e. The predicted octanol–water partition coefficient (Wildman–Crippen LogP) is 3.21. The van der Waals surface area contributed by atoms with Gasteiger partial charge in [-0.2, -0.15) is 0 Å². The van der Waals surface area contributed by atoms with Crippen molar-refractivity contribution in [1.82, 2.24) is 0 Å². The maximum atomic E-state index is 10.0. The molecule has 0 aromatic heterocycles. The molecule has 0 fully saturated rings. The molecular formula is C9H6Cl2O. The molecule has 0 radical (unpaired) electrons. The lowest BCUT2D eigenvalue weighted by Crippen LogP contribution is -1.75. The Hall–Kier alpha value is -0.790. The monoisotopic (exact) mass is 200 g/mol. The second-order valence-corrected chi connectivity index (χ2v) is 2.92. The second-order valence-electron chi connectivity index (χ2n) is 2.14. The van der Waals surface area contributed by atoms with Gasteiger partial charge in [-0.05, 0) is 17.7 Å². The van der Waals surface area contributed by atoms with Crippen LogP contribution in [0.1, 0.15) is 5.56 Å². The Morgan fingerprint density at radius 1 is 1.25 bits per heavy atom. The Labute approximate surface area is 80.6 Å². The van der Waals surface area contributed by atoms with Crippen molar-refractivity contribution in [3.63, 3.8) is 0 Å². The van der Waals surface area contributed by atoms with Crippen LogP contribution in [0.15, 0.2) is 24.3 Å². The summed E-state index contributed by atoms with van der Waals surface area (Å²) < 4.78 is 0. The first-order chi connectivity index (χ1) is 5.75. The number of rotatable bonds is 2. The molecule has 0 bridgehead atoms. The van der Waals surface area contributed by atoms with Crippen LogP contribution in [0.3, 0.4) is 0 Å². The Morgan fingerprint density at radius 2 is 2.00 bits per heavy atom. The molecule has 0 aliphatic rings. The summed E-state index contributed by atoms with van der Waals surface area (Å²) in [5.41, 5.74) is 0.747. The molecule has 0 N–H and O–H groups in total. The van der Waals surface area contributed by atoms with Gasteiger partial charge in [-0.1, -0.05) is 41.4 Å². The molecule has 0 atom stereocenters. The van der Waals surface area contributed by atoms with Crippen LogP contribution < -0.4 is 0 Å². The lowest BCUT2D eigenvalue weighted by molar-refractivity contribution is -0.104. The van der Waals surface area contributed by atoms with Crippen molar-refractivity contribution in [1.29, 1.82) is 0 Å². The molecule has 62 valence electrons. The SMILES string of the molecule is O=C/C=C\c1cccc(Cl)c1Cl. The number of carbonyl (C=O) groups excluding carboxylic acids is 1. The Bertz CT molecular complexity index is 318. The van der Waals surface area contributed by atoms with E-state index >= 15 is 0 Å². The van der Waals surface area contributed by atoms with E-state index in [2.05, 4.69) is 0 Å². The molecule has 3 heteroatoms. The average molecular weight is 201 g/mol. The van der Waals surface area contributed by atoms with Crippen LogP contribution in [0.25, 0.3) is 6.08 Å². The fourth-order valence-electron chi connectivity index (χ4n) is 0.792. The Morgan fingerprint density at radius 3 is 2.67 bits per heavy atom. The van der Waals surface area contributed by atoms with Crippen LogP contribution in [-0.2, 0) is 4.79 Å². The topological polar surface area (TPSA) is 17.1 Å². The highest BCUT2D eigenvalue weighted by Crippen LogP contribution is 2.26. The molecule has 12 heavy (non-hydrogen) atoms. The summed E-state index contributed by atoms with van der Waals surface area (Å²) in [5, 5.41) is 0.960. The molecule has 0 unspecified atom stereocenters. The van der Waals surface area contributed by atoms with Crippen LogP contribution >= 0.6 is 23.2 Å². The highest BCUT2D eigenvalue weighted by atomic mass is 35.5. The van der Waals surface area contributed by atoms with Gasteiger partial charge in [0, 0.05) is 0 Å². The number of halogens is 2. The minimum absolute atomic E-state index is 0.470. The van der Waals surface area contributed by atoms with Crippen LogP contribution in [-0.4, -0.2) is 6.29 Å². The lowest BCUT2D eigenvalue weighted by Gasteiger charge is -1.98. The molecule has 0 aliphatic heterocycles. The first-order valence-corrected chi connectivity index (χ1v) is 4.07. The van der Waals surface area contributed by atoms with E-state index in [9.17, 15) is 4.79 Å². The summed E-state index contributed by atoms with van der Waals surface area (Å²) in [4.78, 5) is 10.0. The van der Waals surface area contributed by atoms with Crippen LogP contribution in [0.2, 0.25) is 10.0 Å². The maximum absolute atomic E-state index is 10.0. The van der Waals surface area contributed by atoms with Crippen LogP contribution in [0.4, 0.5) is 0 Å². The van der Waals surface area contributed by atoms with E-state index in [0.717, 1.165) is 5.56 Å². The number of allylic oxidation sites excluding steroid dienone is 1. The van der Waals surface area contributed by atoms with E-state index in [1.165, 1.54) is 6.08 Å². The van der Waals surface area contributed by atoms with Crippen molar-refractivity contribution in [2.45, 2.75) is 0 Å². The van der Waals surface area contributed by atoms with Crippen molar-refractivity contribution in [3.05, 3.63) is 39.9 Å². The van der Waals surface area contributed by atoms with Gasteiger partial charge in [0.25, 0.3) is 0 Å². The van der Waals surface area contributed by atoms with E-state index in [-0.39, 0.29) is 0 Å². The molecule has 1 rings (SSSR count). The number of hydrogen-bond donors (Lipinski definition) is 0. The zero-order valence-electron chi connectivity index (χ0n) is 6.13. The number of carbonyl (C=O) groups is 1. The average Bonchev–Trinajstić information content (AvgIpc) is 2.08. The summed E-state index contributed by atoms with van der Waals surface area (Å²) in [6.45, 7) is 0. The van der Waals surface area contributed by atoms with E-state index in [1.807, 2.05) is 0 Å². The second kappa shape index (κ2) is 4.29. The first-order valence-electron chi connectivity index (χ1n) is 3.31. The molecule has 0 saturated heterocycles. The number of hydrogen-bond acceptors (Lipinski definition) is 1. The van der Waals surface area contributed by atoms with Crippen molar-refractivity contribution in [2.24, 2.45) is 0 Å². The van der Waals surface area contributed by atoms with E-state index in [4.69, 9.17) is 23.2 Å². The molecule has 1 aromatic carbocycles. The van der Waals surface area contributed by atoms with Gasteiger partial charge >= 0.3 is 0 Å². The lowest BCUT2D eigenvalue weighted by atomic mass is 10.2. The number of benzene rings is 1. The minimum atomic E-state index is 0.470. The van der Waals surface area contributed by atoms with Gasteiger partial charge in [-0.25, -0.2) is 0 Å². The fraction of sp³-hybridized carbons (Fsp3) is 0. The molecule has 0 amide bonds. The van der Waals surface area contributed by atoms with Gasteiger partial charge < -0.3 is 0 Å². The van der Waals surface area contributed by atoms with Gasteiger partial charge in [0.1, 0.15) is 6.29 Å². The van der Waals surface area contributed by atoms with E-state index < -0.39 is 0 Å². The van der Waals surface area contributed by atoms with Crippen molar-refractivity contribution >= 4 is 35.6 Å². The highest BCUT2D eigenvalue weighted by Gasteiger charge is 1.99. The Balaban J connectivity index is 3.07. The Kier molecular flexibility index (Phi) is 3.32. The van der Waals surface area contributed by atoms with Crippen LogP contribution in [0.5, 0.6) is 0 Å². The summed E-state index contributed by atoms with van der Waals surface area (Å²) in [7, 11) is 0. The van der Waals surface area contributed by atoms with Gasteiger partial charge in [-0.3, -0.25) is 4.79 Å². The fourth-order valence-corrected chi connectivity index (χ4v) is 1.16. The number of aldehydes is 1. The summed E-state index contributed by atoms with van der Waals surface area (Å²) >= 11 is 11.6. The van der Waals surface area contributed by atoms with Crippen molar-refractivity contribution in [2.75, 3.05) is 0 Å². The normalized spacial score (nSPS) is 10.5. The third-order valence-electron chi connectivity index (χ3n) is 1.34. The third-order valence-corrected chi connectivity index (χ3v) is 2.17. The summed E-state index contributed by atoms with van der Waals surface area (Å²) in [6.07, 6.45) is 3.68. The molecular weight excluding hydrogens is 195 g/mol. The van der Waals surface area contributed by atoms with Crippen molar-refractivity contribution < 1.29 is 4.79 Å². The van der Waals surface area contributed by atoms with E-state index in [1.54, 1.807) is 24.3 Å². The first kappa shape index (κ1) is 9.30. The quantitative estimate of drug-likeness (QED) is 0.530. The van der Waals surface area contributed by atoms with Gasteiger partial charge in [0.05, 0.1) is 10.0 Å². The van der Waals surface area contributed by atoms with Crippen LogP contribution in [0, 0.1) is 0 Å². The van der Waals surface area contributed by atoms with Gasteiger partial charge in [0.2, 0.25) is 0 Å². The minimum Gasteiger partial charge on any atom is -0.299 e. The summed E-state index contributed by atoms with van der Waals surface area (Å²) in [6, 6.07) is 5.26. The van der Waals surface area contributed by atoms with Crippen molar-refractivity contribution in [3.8, 4) is 0 Å². The third kappa shape index (κ3) is 2.10. The maximum Gasteiger partial charge on any atom is 0.142 e. The summed E-state index contributed by atoms with van der Waals surface area (Å²) in [5.74, 6) is 0. The molecule has 0 aliphatic carbocycles. The molecule has 0 saturated carbocycles. The van der Waals surface area contributed by atoms with E-state index in [0.29, 0.717) is 16.3 Å². The highest BCUT2D eigenvalue weighted by molar-refractivity contribution is 6.42. The van der Waals surface area contributed by atoms with Gasteiger partial charge in [0.15, 0.2) is 0 Å².